The fourth-order valence-electron chi connectivity index (χ4n) is 2.76. The highest BCUT2D eigenvalue weighted by Gasteiger charge is 2.38. The molecule has 0 saturated heterocycles. The Bertz CT molecular complexity index is 912. The summed E-state index contributed by atoms with van der Waals surface area (Å²) in [4.78, 5) is 0. The molecule has 160 valence electrons. The molecule has 1 N–H and O–H groups in total. The van der Waals surface area contributed by atoms with Crippen molar-refractivity contribution in [2.24, 2.45) is 0 Å². The summed E-state index contributed by atoms with van der Waals surface area (Å²) in [6.07, 6.45) is 7.30. The predicted octanol–water partition coefficient (Wildman–Crippen LogP) is 6.14. The highest BCUT2D eigenvalue weighted by atomic mass is 32.2. The molecule has 29 heavy (non-hydrogen) atoms. The molecular weight excluding hydrogens is 389 g/mol. The Hall–Kier alpha value is -2.21. The minimum Gasteiger partial charge on any atom is -0.462 e. The summed E-state index contributed by atoms with van der Waals surface area (Å²) >= 11 is 0. The van der Waals surface area contributed by atoms with Crippen molar-refractivity contribution in [1.82, 2.24) is 0 Å². The molecule has 0 radical (unpaired) electrons. The number of hydrogen-bond acceptors (Lipinski definition) is 4. The standard InChI is InChI=1S/C23H32FNO3S/c1-7-10-17(4)14-19(11-8-2)28-20-12-13-21(24)18(15-20)16-29(26,27)23(5,6)22(25)9-3/h7,10,12-15,25H,1,8-9,11,16H2,2-6H3/b17-10-,19-14+,25-22?. The van der Waals surface area contributed by atoms with Crippen LogP contribution in [0, 0.1) is 11.2 Å². The van der Waals surface area contributed by atoms with Gasteiger partial charge in [0.15, 0.2) is 9.84 Å². The van der Waals surface area contributed by atoms with E-state index >= 15 is 0 Å². The van der Waals surface area contributed by atoms with E-state index in [9.17, 15) is 12.8 Å². The molecule has 0 aliphatic carbocycles. The Morgan fingerprint density at radius 1 is 1.31 bits per heavy atom. The van der Waals surface area contributed by atoms with E-state index in [-0.39, 0.29) is 11.3 Å². The van der Waals surface area contributed by atoms with E-state index in [0.29, 0.717) is 24.4 Å². The first-order chi connectivity index (χ1) is 13.5. The molecule has 1 aromatic rings. The molecular formula is C23H32FNO3S. The van der Waals surface area contributed by atoms with Crippen molar-refractivity contribution in [3.05, 3.63) is 65.7 Å². The third kappa shape index (κ3) is 6.67. The first kappa shape index (κ1) is 24.8. The van der Waals surface area contributed by atoms with Crippen molar-refractivity contribution in [3.63, 3.8) is 0 Å². The van der Waals surface area contributed by atoms with Crippen molar-refractivity contribution in [3.8, 4) is 5.75 Å². The summed E-state index contributed by atoms with van der Waals surface area (Å²) in [5, 5.41) is 7.98. The zero-order valence-corrected chi connectivity index (χ0v) is 18.8. The van der Waals surface area contributed by atoms with Gasteiger partial charge < -0.3 is 10.1 Å². The van der Waals surface area contributed by atoms with Gasteiger partial charge in [0, 0.05) is 17.7 Å². The second kappa shape index (κ2) is 10.5. The van der Waals surface area contributed by atoms with Crippen molar-refractivity contribution in [1.29, 1.82) is 5.41 Å². The smallest absolute Gasteiger partial charge is 0.165 e. The molecule has 0 aromatic heterocycles. The number of rotatable bonds is 11. The third-order valence-electron chi connectivity index (χ3n) is 4.74. The number of ether oxygens (including phenoxy) is 1. The Labute approximate surface area is 174 Å². The van der Waals surface area contributed by atoms with E-state index in [4.69, 9.17) is 10.1 Å². The van der Waals surface area contributed by atoms with Crippen LogP contribution in [0.3, 0.4) is 0 Å². The van der Waals surface area contributed by atoms with Gasteiger partial charge in [-0.3, -0.25) is 0 Å². The Morgan fingerprint density at radius 3 is 2.52 bits per heavy atom. The largest absolute Gasteiger partial charge is 0.462 e. The van der Waals surface area contributed by atoms with Crippen LogP contribution in [0.25, 0.3) is 0 Å². The van der Waals surface area contributed by atoms with Crippen LogP contribution in [0.5, 0.6) is 5.75 Å². The van der Waals surface area contributed by atoms with Gasteiger partial charge in [-0.1, -0.05) is 32.6 Å². The zero-order chi connectivity index (χ0) is 22.2. The summed E-state index contributed by atoms with van der Waals surface area (Å²) < 4.78 is 44.6. The molecule has 4 nitrogen and oxygen atoms in total. The fourth-order valence-corrected chi connectivity index (χ4v) is 4.27. The maximum Gasteiger partial charge on any atom is 0.165 e. The molecule has 0 aliphatic rings. The average molecular weight is 422 g/mol. The number of sulfone groups is 1. The number of hydrogen-bond donors (Lipinski definition) is 1. The summed E-state index contributed by atoms with van der Waals surface area (Å²) in [5.41, 5.74) is 1.10. The number of allylic oxidation sites excluding steroid dienone is 5. The summed E-state index contributed by atoms with van der Waals surface area (Å²) in [5.74, 6) is -0.0145. The van der Waals surface area contributed by atoms with Gasteiger partial charge in [0.1, 0.15) is 22.1 Å². The average Bonchev–Trinajstić information content (AvgIpc) is 2.63. The lowest BCUT2D eigenvalue weighted by molar-refractivity contribution is 0.400. The van der Waals surface area contributed by atoms with Crippen LogP contribution < -0.4 is 4.74 Å². The highest BCUT2D eigenvalue weighted by Crippen LogP contribution is 2.28. The first-order valence-electron chi connectivity index (χ1n) is 9.74. The monoisotopic (exact) mass is 421 g/mol. The van der Waals surface area contributed by atoms with E-state index in [1.54, 1.807) is 13.0 Å². The molecule has 0 saturated carbocycles. The Balaban J connectivity index is 3.22. The first-order valence-corrected chi connectivity index (χ1v) is 11.4. The highest BCUT2D eigenvalue weighted by molar-refractivity contribution is 7.92. The lowest BCUT2D eigenvalue weighted by atomic mass is 10.1. The number of halogens is 1. The van der Waals surface area contributed by atoms with E-state index < -0.39 is 26.2 Å². The van der Waals surface area contributed by atoms with Gasteiger partial charge in [-0.25, -0.2) is 12.8 Å². The summed E-state index contributed by atoms with van der Waals surface area (Å²) in [6, 6.07) is 4.13. The van der Waals surface area contributed by atoms with Crippen molar-refractivity contribution >= 4 is 15.5 Å². The molecule has 0 unspecified atom stereocenters. The second-order valence-electron chi connectivity index (χ2n) is 7.46. The van der Waals surface area contributed by atoms with Crippen molar-refractivity contribution in [2.75, 3.05) is 0 Å². The van der Waals surface area contributed by atoms with Gasteiger partial charge in [0.25, 0.3) is 0 Å². The SMILES string of the molecule is C=C/C=C(C)\C=C(/CCC)Oc1ccc(F)c(CS(=O)(=O)C(C)(C)C(=N)CC)c1. The zero-order valence-electron chi connectivity index (χ0n) is 18.0. The van der Waals surface area contributed by atoms with Crippen LogP contribution in [0.1, 0.15) is 59.4 Å². The summed E-state index contributed by atoms with van der Waals surface area (Å²) in [6.45, 7) is 12.3. The van der Waals surface area contributed by atoms with Gasteiger partial charge in [0.2, 0.25) is 0 Å². The van der Waals surface area contributed by atoms with Crippen molar-refractivity contribution in [2.45, 2.75) is 64.4 Å². The Morgan fingerprint density at radius 2 is 1.97 bits per heavy atom. The van der Waals surface area contributed by atoms with Gasteiger partial charge in [0.05, 0.1) is 5.75 Å². The molecule has 0 fully saturated rings. The van der Waals surface area contributed by atoms with Gasteiger partial charge in [-0.15, -0.1) is 0 Å². The van der Waals surface area contributed by atoms with E-state index in [0.717, 1.165) is 12.0 Å². The lowest BCUT2D eigenvalue weighted by Crippen LogP contribution is -2.40. The molecule has 0 heterocycles. The van der Waals surface area contributed by atoms with E-state index in [1.807, 2.05) is 26.0 Å². The molecule has 0 aliphatic heterocycles. The van der Waals surface area contributed by atoms with Crippen LogP contribution in [0.2, 0.25) is 0 Å². The van der Waals surface area contributed by atoms with Crippen LogP contribution in [-0.4, -0.2) is 18.9 Å². The van der Waals surface area contributed by atoms with Crippen LogP contribution in [0.15, 0.2) is 54.3 Å². The van der Waals surface area contributed by atoms with Gasteiger partial charge in [-0.05, 0) is 63.5 Å². The predicted molar refractivity (Wildman–Crippen MR) is 119 cm³/mol. The molecule has 0 amide bonds. The maximum atomic E-state index is 14.4. The van der Waals surface area contributed by atoms with Crippen molar-refractivity contribution < 1.29 is 17.5 Å². The molecule has 1 rings (SSSR count). The van der Waals surface area contributed by atoms with Crippen LogP contribution >= 0.6 is 0 Å². The second-order valence-corrected chi connectivity index (χ2v) is 10.0. The van der Waals surface area contributed by atoms with Crippen LogP contribution in [0.4, 0.5) is 4.39 Å². The molecule has 0 bridgehead atoms. The quantitative estimate of drug-likeness (QED) is 0.265. The Kier molecular flexibility index (Phi) is 9.02. The van der Waals surface area contributed by atoms with E-state index in [1.165, 1.54) is 32.0 Å². The minimum atomic E-state index is -3.78. The topological polar surface area (TPSA) is 67.2 Å². The minimum absolute atomic E-state index is 0.0358. The lowest BCUT2D eigenvalue weighted by Gasteiger charge is -2.25. The van der Waals surface area contributed by atoms with Gasteiger partial charge in [-0.2, -0.15) is 0 Å². The normalized spacial score (nSPS) is 13.3. The van der Waals surface area contributed by atoms with Gasteiger partial charge >= 0.3 is 0 Å². The fraction of sp³-hybridized carbons (Fsp3) is 0.435. The maximum absolute atomic E-state index is 14.4. The molecule has 1 aromatic carbocycles. The van der Waals surface area contributed by atoms with E-state index in [2.05, 4.69) is 6.58 Å². The molecule has 0 atom stereocenters. The number of benzene rings is 1. The molecule has 6 heteroatoms. The number of nitrogens with one attached hydrogen (secondary N) is 1. The van der Waals surface area contributed by atoms with Crippen LogP contribution in [-0.2, 0) is 15.6 Å². The molecule has 0 spiro atoms. The summed E-state index contributed by atoms with van der Waals surface area (Å²) in [7, 11) is -3.78. The third-order valence-corrected chi connectivity index (χ3v) is 7.23.